The number of fused-ring (bicyclic) bond motifs is 3. The first-order chi connectivity index (χ1) is 9.83. The monoisotopic (exact) mass is 266 g/mol. The van der Waals surface area contributed by atoms with E-state index < -0.39 is 0 Å². The van der Waals surface area contributed by atoms with Gasteiger partial charge in [-0.15, -0.1) is 0 Å². The molecule has 4 nitrogen and oxygen atoms in total. The fourth-order valence-electron chi connectivity index (χ4n) is 3.14. The molecule has 3 aromatic rings. The lowest BCUT2D eigenvalue weighted by Gasteiger charge is -2.27. The molecule has 0 aliphatic carbocycles. The molecule has 1 N–H and O–H groups in total. The quantitative estimate of drug-likeness (QED) is 0.734. The van der Waals surface area contributed by atoms with E-state index in [2.05, 4.69) is 45.0 Å². The van der Waals surface area contributed by atoms with E-state index in [0.717, 1.165) is 35.5 Å². The SMILES string of the molecule is Cc1ccc2[nH]c3c(N4CCCCC4)ncnc3c2c1. The number of aromatic amines is 1. The van der Waals surface area contributed by atoms with Crippen LogP contribution in [0.2, 0.25) is 0 Å². The number of aromatic nitrogens is 3. The van der Waals surface area contributed by atoms with Crippen molar-refractivity contribution in [2.45, 2.75) is 26.2 Å². The summed E-state index contributed by atoms with van der Waals surface area (Å²) in [7, 11) is 0. The van der Waals surface area contributed by atoms with E-state index >= 15 is 0 Å². The third-order valence-corrected chi connectivity index (χ3v) is 4.17. The van der Waals surface area contributed by atoms with Gasteiger partial charge in [-0.05, 0) is 38.3 Å². The molecule has 0 atom stereocenters. The Bertz CT molecular complexity index is 769. The number of anilines is 1. The summed E-state index contributed by atoms with van der Waals surface area (Å²) in [4.78, 5) is 14.9. The van der Waals surface area contributed by atoms with Gasteiger partial charge < -0.3 is 9.88 Å². The Balaban J connectivity index is 1.95. The van der Waals surface area contributed by atoms with Crippen LogP contribution >= 0.6 is 0 Å². The lowest BCUT2D eigenvalue weighted by molar-refractivity contribution is 0.574. The van der Waals surface area contributed by atoms with Crippen molar-refractivity contribution >= 4 is 27.8 Å². The summed E-state index contributed by atoms with van der Waals surface area (Å²) >= 11 is 0. The number of hydrogen-bond acceptors (Lipinski definition) is 3. The van der Waals surface area contributed by atoms with Gasteiger partial charge in [0.15, 0.2) is 5.82 Å². The van der Waals surface area contributed by atoms with Gasteiger partial charge in [0.1, 0.15) is 17.4 Å². The van der Waals surface area contributed by atoms with E-state index in [4.69, 9.17) is 0 Å². The fraction of sp³-hybridized carbons (Fsp3) is 0.375. The molecule has 20 heavy (non-hydrogen) atoms. The highest BCUT2D eigenvalue weighted by Gasteiger charge is 2.17. The van der Waals surface area contributed by atoms with Gasteiger partial charge in [0.05, 0.1) is 0 Å². The van der Waals surface area contributed by atoms with E-state index in [1.165, 1.54) is 30.2 Å². The predicted octanol–water partition coefficient (Wildman–Crippen LogP) is 3.41. The van der Waals surface area contributed by atoms with E-state index in [1.807, 2.05) is 0 Å². The van der Waals surface area contributed by atoms with E-state index in [-0.39, 0.29) is 0 Å². The van der Waals surface area contributed by atoms with Crippen molar-refractivity contribution in [2.24, 2.45) is 0 Å². The lowest BCUT2D eigenvalue weighted by Crippen LogP contribution is -2.30. The molecule has 4 rings (SSSR count). The van der Waals surface area contributed by atoms with Crippen LogP contribution in [0, 0.1) is 6.92 Å². The Labute approximate surface area is 117 Å². The highest BCUT2D eigenvalue weighted by molar-refractivity contribution is 6.08. The number of nitrogens with one attached hydrogen (secondary N) is 1. The molecule has 0 bridgehead atoms. The number of aryl methyl sites for hydroxylation is 1. The molecule has 0 saturated carbocycles. The normalized spacial score (nSPS) is 16.1. The van der Waals surface area contributed by atoms with Crippen LogP contribution in [0.1, 0.15) is 24.8 Å². The minimum Gasteiger partial charge on any atom is -0.355 e. The molecule has 4 heteroatoms. The van der Waals surface area contributed by atoms with Crippen LogP contribution in [-0.2, 0) is 0 Å². The summed E-state index contributed by atoms with van der Waals surface area (Å²) in [6.45, 7) is 4.31. The number of benzene rings is 1. The predicted molar refractivity (Wildman–Crippen MR) is 82.2 cm³/mol. The Morgan fingerprint density at radius 2 is 1.95 bits per heavy atom. The van der Waals surface area contributed by atoms with Gasteiger partial charge >= 0.3 is 0 Å². The molecule has 1 saturated heterocycles. The highest BCUT2D eigenvalue weighted by Crippen LogP contribution is 2.30. The summed E-state index contributed by atoms with van der Waals surface area (Å²) in [5, 5.41) is 1.20. The number of hydrogen-bond donors (Lipinski definition) is 1. The van der Waals surface area contributed by atoms with E-state index in [1.54, 1.807) is 6.33 Å². The highest BCUT2D eigenvalue weighted by atomic mass is 15.2. The van der Waals surface area contributed by atoms with Crippen LogP contribution in [0.25, 0.3) is 21.9 Å². The zero-order chi connectivity index (χ0) is 13.5. The summed E-state index contributed by atoms with van der Waals surface area (Å²) < 4.78 is 0. The van der Waals surface area contributed by atoms with Crippen molar-refractivity contribution in [3.63, 3.8) is 0 Å². The van der Waals surface area contributed by atoms with Crippen LogP contribution in [0.4, 0.5) is 5.82 Å². The number of rotatable bonds is 1. The van der Waals surface area contributed by atoms with Crippen LogP contribution in [0.15, 0.2) is 24.5 Å². The third-order valence-electron chi connectivity index (χ3n) is 4.17. The zero-order valence-electron chi connectivity index (χ0n) is 11.7. The average Bonchev–Trinajstić information content (AvgIpc) is 2.86. The second kappa shape index (κ2) is 4.47. The van der Waals surface area contributed by atoms with Crippen molar-refractivity contribution in [1.29, 1.82) is 0 Å². The Hall–Kier alpha value is -2.10. The van der Waals surface area contributed by atoms with Crippen molar-refractivity contribution in [1.82, 2.24) is 15.0 Å². The second-order valence-electron chi connectivity index (χ2n) is 5.64. The molecule has 1 aliphatic heterocycles. The van der Waals surface area contributed by atoms with Gasteiger partial charge in [-0.1, -0.05) is 11.6 Å². The third kappa shape index (κ3) is 1.75. The summed E-state index contributed by atoms with van der Waals surface area (Å²) in [5.74, 6) is 1.06. The minimum absolute atomic E-state index is 1.04. The van der Waals surface area contributed by atoms with Crippen molar-refractivity contribution in [2.75, 3.05) is 18.0 Å². The lowest BCUT2D eigenvalue weighted by atomic mass is 10.1. The summed E-state index contributed by atoms with van der Waals surface area (Å²) in [6.07, 6.45) is 5.54. The largest absolute Gasteiger partial charge is 0.355 e. The second-order valence-corrected chi connectivity index (χ2v) is 5.64. The fourth-order valence-corrected chi connectivity index (χ4v) is 3.14. The van der Waals surface area contributed by atoms with Gasteiger partial charge in [0.25, 0.3) is 0 Å². The standard InChI is InChI=1S/C16H18N4/c1-11-5-6-13-12(9-11)14-15(19-13)16(18-10-17-14)20-7-3-2-4-8-20/h5-6,9-10,19H,2-4,7-8H2,1H3. The molecule has 0 amide bonds. The molecule has 0 spiro atoms. The maximum atomic E-state index is 4.53. The molecule has 1 fully saturated rings. The van der Waals surface area contributed by atoms with Crippen molar-refractivity contribution in [3.8, 4) is 0 Å². The molecule has 3 heterocycles. The summed E-state index contributed by atoms with van der Waals surface area (Å²) in [5.41, 5.74) is 4.52. The van der Waals surface area contributed by atoms with Gasteiger partial charge in [-0.2, -0.15) is 0 Å². The minimum atomic E-state index is 1.04. The van der Waals surface area contributed by atoms with Gasteiger partial charge in [-0.3, -0.25) is 0 Å². The van der Waals surface area contributed by atoms with Crippen molar-refractivity contribution < 1.29 is 0 Å². The van der Waals surface area contributed by atoms with Crippen molar-refractivity contribution in [3.05, 3.63) is 30.1 Å². The number of piperidine rings is 1. The maximum absolute atomic E-state index is 4.53. The van der Waals surface area contributed by atoms with Crippen LogP contribution in [0.5, 0.6) is 0 Å². The van der Waals surface area contributed by atoms with Gasteiger partial charge in [-0.25, -0.2) is 9.97 Å². The molecule has 102 valence electrons. The first-order valence-electron chi connectivity index (χ1n) is 7.31. The summed E-state index contributed by atoms with van der Waals surface area (Å²) in [6, 6.07) is 6.46. The zero-order valence-corrected chi connectivity index (χ0v) is 11.7. The number of H-pyrrole nitrogens is 1. The Morgan fingerprint density at radius 3 is 2.80 bits per heavy atom. The van der Waals surface area contributed by atoms with Gasteiger partial charge in [0, 0.05) is 24.0 Å². The first kappa shape index (κ1) is 11.7. The maximum Gasteiger partial charge on any atom is 0.156 e. The molecule has 0 radical (unpaired) electrons. The molecule has 2 aromatic heterocycles. The number of nitrogens with zero attached hydrogens (tertiary/aromatic N) is 3. The smallest absolute Gasteiger partial charge is 0.156 e. The average molecular weight is 266 g/mol. The molecule has 1 aliphatic rings. The molecular weight excluding hydrogens is 248 g/mol. The van der Waals surface area contributed by atoms with Crippen LogP contribution in [-0.4, -0.2) is 28.0 Å². The van der Waals surface area contributed by atoms with Crippen LogP contribution < -0.4 is 4.90 Å². The van der Waals surface area contributed by atoms with E-state index in [0.29, 0.717) is 0 Å². The Kier molecular flexibility index (Phi) is 2.62. The topological polar surface area (TPSA) is 44.8 Å². The first-order valence-corrected chi connectivity index (χ1v) is 7.31. The molecule has 1 aromatic carbocycles. The van der Waals surface area contributed by atoms with Gasteiger partial charge in [0.2, 0.25) is 0 Å². The van der Waals surface area contributed by atoms with E-state index in [9.17, 15) is 0 Å². The molecular formula is C16H18N4. The molecule has 0 unspecified atom stereocenters. The Morgan fingerprint density at radius 1 is 1.10 bits per heavy atom. The van der Waals surface area contributed by atoms with Crippen LogP contribution in [0.3, 0.4) is 0 Å².